The molecule has 1 rings (SSSR count). The highest BCUT2D eigenvalue weighted by atomic mass is 32.2. The summed E-state index contributed by atoms with van der Waals surface area (Å²) in [5.41, 5.74) is 1.21. The van der Waals surface area contributed by atoms with Gasteiger partial charge in [-0.15, -0.1) is 0 Å². The van der Waals surface area contributed by atoms with Crippen LogP contribution in [-0.2, 0) is 10.0 Å². The summed E-state index contributed by atoms with van der Waals surface area (Å²) in [4.78, 5) is 0. The van der Waals surface area contributed by atoms with Crippen LogP contribution in [0.2, 0.25) is 0 Å². The minimum absolute atomic E-state index is 0.163. The van der Waals surface area contributed by atoms with Crippen LogP contribution in [0.1, 0.15) is 38.7 Å². The van der Waals surface area contributed by atoms with Crippen LogP contribution in [0.4, 0.5) is 0 Å². The SMILES string of the molecule is CCCS(=O)(=O)NCCOc1cccc(C(C)C)c1. The van der Waals surface area contributed by atoms with Crippen LogP contribution < -0.4 is 9.46 Å². The average Bonchev–Trinajstić information content (AvgIpc) is 2.35. The lowest BCUT2D eigenvalue weighted by atomic mass is 10.0. The van der Waals surface area contributed by atoms with E-state index in [1.54, 1.807) is 0 Å². The van der Waals surface area contributed by atoms with Crippen molar-refractivity contribution in [2.75, 3.05) is 18.9 Å². The Hall–Kier alpha value is -1.07. The molecule has 0 saturated carbocycles. The van der Waals surface area contributed by atoms with Crippen molar-refractivity contribution in [3.63, 3.8) is 0 Å². The topological polar surface area (TPSA) is 55.4 Å². The molecule has 0 aromatic heterocycles. The minimum Gasteiger partial charge on any atom is -0.492 e. The van der Waals surface area contributed by atoms with Crippen LogP contribution in [0.15, 0.2) is 24.3 Å². The second-order valence-electron chi connectivity index (χ2n) is 4.79. The van der Waals surface area contributed by atoms with E-state index in [9.17, 15) is 8.42 Å². The van der Waals surface area contributed by atoms with Crippen LogP contribution in [0, 0.1) is 0 Å². The number of nitrogens with one attached hydrogen (secondary N) is 1. The van der Waals surface area contributed by atoms with Crippen LogP contribution in [0.5, 0.6) is 5.75 Å². The number of ether oxygens (including phenoxy) is 1. The molecule has 0 aliphatic heterocycles. The Balaban J connectivity index is 2.39. The zero-order valence-electron chi connectivity index (χ0n) is 11.8. The summed E-state index contributed by atoms with van der Waals surface area (Å²) in [6.45, 7) is 6.72. The first-order valence-electron chi connectivity index (χ1n) is 6.64. The third-order valence-electron chi connectivity index (χ3n) is 2.69. The molecule has 0 unspecified atom stereocenters. The van der Waals surface area contributed by atoms with Crippen LogP contribution in [0.3, 0.4) is 0 Å². The highest BCUT2D eigenvalue weighted by Crippen LogP contribution is 2.19. The zero-order chi connectivity index (χ0) is 14.3. The molecule has 108 valence electrons. The van der Waals surface area contributed by atoms with Gasteiger partial charge in [0.05, 0.1) is 5.75 Å². The van der Waals surface area contributed by atoms with E-state index in [-0.39, 0.29) is 5.75 Å². The van der Waals surface area contributed by atoms with Gasteiger partial charge in [0.2, 0.25) is 10.0 Å². The van der Waals surface area contributed by atoms with Crippen molar-refractivity contribution >= 4 is 10.0 Å². The first kappa shape index (κ1) is 16.0. The largest absolute Gasteiger partial charge is 0.492 e. The molecular weight excluding hydrogens is 262 g/mol. The Kier molecular flexibility index (Phi) is 6.31. The van der Waals surface area contributed by atoms with E-state index in [0.29, 0.717) is 25.5 Å². The first-order valence-corrected chi connectivity index (χ1v) is 8.30. The van der Waals surface area contributed by atoms with E-state index in [4.69, 9.17) is 4.74 Å². The van der Waals surface area contributed by atoms with E-state index in [1.807, 2.05) is 25.1 Å². The van der Waals surface area contributed by atoms with Gasteiger partial charge < -0.3 is 4.74 Å². The van der Waals surface area contributed by atoms with Gasteiger partial charge in [-0.05, 0) is 30.0 Å². The summed E-state index contributed by atoms with van der Waals surface area (Å²) < 4.78 is 30.9. The summed E-state index contributed by atoms with van der Waals surface area (Å²) in [6.07, 6.45) is 0.618. The Morgan fingerprint density at radius 2 is 2.05 bits per heavy atom. The predicted molar refractivity (Wildman–Crippen MR) is 78.1 cm³/mol. The maximum Gasteiger partial charge on any atom is 0.211 e. The second kappa shape index (κ2) is 7.50. The lowest BCUT2D eigenvalue weighted by Gasteiger charge is -2.10. The van der Waals surface area contributed by atoms with E-state index in [0.717, 1.165) is 5.75 Å². The highest BCUT2D eigenvalue weighted by Gasteiger charge is 2.07. The van der Waals surface area contributed by atoms with Gasteiger partial charge in [-0.1, -0.05) is 32.9 Å². The first-order chi connectivity index (χ1) is 8.94. The lowest BCUT2D eigenvalue weighted by Crippen LogP contribution is -2.30. The molecule has 0 heterocycles. The normalized spacial score (nSPS) is 11.8. The molecule has 1 N–H and O–H groups in total. The Labute approximate surface area is 116 Å². The maximum absolute atomic E-state index is 11.4. The standard InChI is InChI=1S/C14H23NO3S/c1-4-10-19(16,17)15-8-9-18-14-7-5-6-13(11-14)12(2)3/h5-7,11-12,15H,4,8-10H2,1-3H3. The molecule has 0 spiro atoms. The molecule has 0 radical (unpaired) electrons. The van der Waals surface area contributed by atoms with E-state index in [2.05, 4.69) is 24.6 Å². The third kappa shape index (κ3) is 6.07. The molecular formula is C14H23NO3S. The van der Waals surface area contributed by atoms with Gasteiger partial charge in [0.25, 0.3) is 0 Å². The fourth-order valence-electron chi connectivity index (χ4n) is 1.67. The molecule has 0 atom stereocenters. The zero-order valence-corrected chi connectivity index (χ0v) is 12.7. The number of sulfonamides is 1. The molecule has 0 bridgehead atoms. The molecule has 1 aromatic carbocycles. The van der Waals surface area contributed by atoms with Gasteiger partial charge in [-0.2, -0.15) is 0 Å². The number of hydrogen-bond donors (Lipinski definition) is 1. The quantitative estimate of drug-likeness (QED) is 0.747. The summed E-state index contributed by atoms with van der Waals surface area (Å²) in [6, 6.07) is 7.88. The number of rotatable bonds is 8. The molecule has 0 fully saturated rings. The molecule has 5 heteroatoms. The fraction of sp³-hybridized carbons (Fsp3) is 0.571. The molecule has 4 nitrogen and oxygen atoms in total. The summed E-state index contributed by atoms with van der Waals surface area (Å²) >= 11 is 0. The van der Waals surface area contributed by atoms with Gasteiger partial charge >= 0.3 is 0 Å². The van der Waals surface area contributed by atoms with E-state index >= 15 is 0 Å². The number of benzene rings is 1. The minimum atomic E-state index is -3.14. The van der Waals surface area contributed by atoms with Crippen molar-refractivity contribution in [2.45, 2.75) is 33.1 Å². The molecule has 0 aliphatic carbocycles. The Bertz CT molecular complexity index is 483. The lowest BCUT2D eigenvalue weighted by molar-refractivity contribution is 0.322. The van der Waals surface area contributed by atoms with Crippen molar-refractivity contribution in [2.24, 2.45) is 0 Å². The molecule has 19 heavy (non-hydrogen) atoms. The van der Waals surface area contributed by atoms with Gasteiger partial charge in [-0.25, -0.2) is 13.1 Å². The van der Waals surface area contributed by atoms with E-state index in [1.165, 1.54) is 5.56 Å². The molecule has 1 aromatic rings. The van der Waals surface area contributed by atoms with Crippen LogP contribution >= 0.6 is 0 Å². The Morgan fingerprint density at radius 1 is 1.32 bits per heavy atom. The highest BCUT2D eigenvalue weighted by molar-refractivity contribution is 7.89. The molecule has 0 aliphatic rings. The predicted octanol–water partition coefficient (Wildman–Crippen LogP) is 2.52. The monoisotopic (exact) mass is 285 g/mol. The van der Waals surface area contributed by atoms with Gasteiger partial charge in [0.1, 0.15) is 12.4 Å². The second-order valence-corrected chi connectivity index (χ2v) is 6.72. The van der Waals surface area contributed by atoms with Gasteiger partial charge in [0, 0.05) is 6.54 Å². The van der Waals surface area contributed by atoms with Gasteiger partial charge in [0.15, 0.2) is 0 Å². The summed E-state index contributed by atoms with van der Waals surface area (Å²) in [7, 11) is -3.14. The fourth-order valence-corrected chi connectivity index (χ4v) is 2.75. The van der Waals surface area contributed by atoms with Crippen molar-refractivity contribution in [1.29, 1.82) is 0 Å². The maximum atomic E-state index is 11.4. The molecule has 0 amide bonds. The number of hydrogen-bond acceptors (Lipinski definition) is 3. The summed E-state index contributed by atoms with van der Waals surface area (Å²) in [5, 5.41) is 0. The van der Waals surface area contributed by atoms with Crippen LogP contribution in [-0.4, -0.2) is 27.3 Å². The van der Waals surface area contributed by atoms with Crippen molar-refractivity contribution < 1.29 is 13.2 Å². The molecule has 0 saturated heterocycles. The smallest absolute Gasteiger partial charge is 0.211 e. The van der Waals surface area contributed by atoms with Crippen LogP contribution in [0.25, 0.3) is 0 Å². The Morgan fingerprint density at radius 3 is 2.68 bits per heavy atom. The van der Waals surface area contributed by atoms with Crippen molar-refractivity contribution in [3.05, 3.63) is 29.8 Å². The van der Waals surface area contributed by atoms with Gasteiger partial charge in [-0.3, -0.25) is 0 Å². The average molecular weight is 285 g/mol. The third-order valence-corrected chi connectivity index (χ3v) is 4.28. The van der Waals surface area contributed by atoms with E-state index < -0.39 is 10.0 Å². The summed E-state index contributed by atoms with van der Waals surface area (Å²) in [5.74, 6) is 1.39. The van der Waals surface area contributed by atoms with Crippen molar-refractivity contribution in [3.8, 4) is 5.75 Å². The van der Waals surface area contributed by atoms with Crippen molar-refractivity contribution in [1.82, 2.24) is 4.72 Å².